The van der Waals surface area contributed by atoms with Crippen LogP contribution in [0.4, 0.5) is 0 Å². The van der Waals surface area contributed by atoms with E-state index in [0.717, 1.165) is 41.6 Å². The van der Waals surface area contributed by atoms with Crippen molar-refractivity contribution in [2.24, 2.45) is 0 Å². The van der Waals surface area contributed by atoms with Crippen molar-refractivity contribution in [1.82, 2.24) is 0 Å². The minimum atomic E-state index is -0.434. The van der Waals surface area contributed by atoms with Crippen LogP contribution in [0, 0.1) is 0 Å². The first kappa shape index (κ1) is 42.8. The van der Waals surface area contributed by atoms with Crippen molar-refractivity contribution in [3.8, 4) is 0 Å². The highest BCUT2D eigenvalue weighted by Gasteiger charge is 2.21. The van der Waals surface area contributed by atoms with E-state index in [0.29, 0.717) is 26.4 Å². The summed E-state index contributed by atoms with van der Waals surface area (Å²) < 4.78 is 13.1. The average molecular weight is 617 g/mol. The summed E-state index contributed by atoms with van der Waals surface area (Å²) >= 11 is 0. The molecule has 0 saturated carbocycles. The van der Waals surface area contributed by atoms with Gasteiger partial charge in [-0.2, -0.15) is 0 Å². The maximum absolute atomic E-state index is 10.5. The van der Waals surface area contributed by atoms with Crippen LogP contribution in [0.2, 0.25) is 0 Å². The number of ether oxygens (including phenoxy) is 2. The van der Waals surface area contributed by atoms with E-state index in [1.165, 1.54) is 128 Å². The maximum Gasteiger partial charge on any atom is 0.126 e. The van der Waals surface area contributed by atoms with E-state index in [1.54, 1.807) is 0 Å². The molecule has 0 amide bonds. The quantitative estimate of drug-likeness (QED) is 0.0566. The number of likely N-dealkylation sites (N-methyl/N-ethyl adjacent to an activating group) is 2. The SMILES string of the molecule is CCCCCCCCCCCC[N+](C)(C)CC(O)COCCCOCC(O)C[N+](C)(C)CCCCCCCCCCCC. The molecule has 6 heteroatoms. The second kappa shape index (κ2) is 29.2. The maximum atomic E-state index is 10.5. The van der Waals surface area contributed by atoms with Crippen molar-refractivity contribution < 1.29 is 28.7 Å². The van der Waals surface area contributed by atoms with Crippen LogP contribution >= 0.6 is 0 Å². The fourth-order valence-electron chi connectivity index (χ4n) is 6.19. The molecule has 0 saturated heterocycles. The van der Waals surface area contributed by atoms with E-state index in [2.05, 4.69) is 42.0 Å². The van der Waals surface area contributed by atoms with Gasteiger partial charge in [0.1, 0.15) is 25.3 Å². The average Bonchev–Trinajstić information content (AvgIpc) is 2.94. The molecule has 0 aliphatic carbocycles. The Morgan fingerprint density at radius 2 is 0.698 bits per heavy atom. The molecule has 0 radical (unpaired) electrons. The molecule has 43 heavy (non-hydrogen) atoms. The second-order valence-electron chi connectivity index (χ2n) is 14.9. The number of unbranched alkanes of at least 4 members (excludes halogenated alkanes) is 18. The molecule has 0 aliphatic heterocycles. The molecule has 0 rings (SSSR count). The van der Waals surface area contributed by atoms with Crippen LogP contribution in [-0.2, 0) is 9.47 Å². The molecule has 260 valence electrons. The van der Waals surface area contributed by atoms with E-state index in [4.69, 9.17) is 9.47 Å². The fourth-order valence-corrected chi connectivity index (χ4v) is 6.19. The van der Waals surface area contributed by atoms with E-state index in [-0.39, 0.29) is 0 Å². The number of aliphatic hydroxyl groups excluding tert-OH is 2. The fraction of sp³-hybridized carbons (Fsp3) is 1.00. The van der Waals surface area contributed by atoms with Crippen molar-refractivity contribution in [1.29, 1.82) is 0 Å². The molecule has 0 fully saturated rings. The lowest BCUT2D eigenvalue weighted by molar-refractivity contribution is -0.893. The zero-order chi connectivity index (χ0) is 32.1. The third kappa shape index (κ3) is 31.5. The molecule has 2 N–H and O–H groups in total. The summed E-state index contributed by atoms with van der Waals surface area (Å²) in [6, 6.07) is 0. The van der Waals surface area contributed by atoms with Gasteiger partial charge in [0.15, 0.2) is 0 Å². The van der Waals surface area contributed by atoms with Crippen LogP contribution in [0.1, 0.15) is 149 Å². The highest BCUT2D eigenvalue weighted by molar-refractivity contribution is 4.56. The Morgan fingerprint density at radius 3 is 1.00 bits per heavy atom. The summed E-state index contributed by atoms with van der Waals surface area (Å²) in [5, 5.41) is 20.9. The number of quaternary nitrogens is 2. The lowest BCUT2D eigenvalue weighted by Gasteiger charge is -2.32. The minimum absolute atomic E-state index is 0.382. The molecule has 0 aliphatic rings. The van der Waals surface area contributed by atoms with Gasteiger partial charge in [0.05, 0.1) is 54.5 Å². The normalized spacial score (nSPS) is 14.0. The predicted molar refractivity (Wildman–Crippen MR) is 186 cm³/mol. The molecule has 0 aromatic rings. The van der Waals surface area contributed by atoms with Gasteiger partial charge in [-0.1, -0.05) is 117 Å². The Balaban J connectivity index is 3.68. The van der Waals surface area contributed by atoms with Crippen LogP contribution in [0.5, 0.6) is 0 Å². The van der Waals surface area contributed by atoms with Gasteiger partial charge in [0, 0.05) is 13.2 Å². The topological polar surface area (TPSA) is 58.9 Å². The third-order valence-electron chi connectivity index (χ3n) is 8.84. The highest BCUT2D eigenvalue weighted by Crippen LogP contribution is 2.13. The molecule has 0 spiro atoms. The molecular formula is C37H80N2O4+2. The number of rotatable bonds is 34. The van der Waals surface area contributed by atoms with E-state index in [9.17, 15) is 10.2 Å². The monoisotopic (exact) mass is 617 g/mol. The Kier molecular flexibility index (Phi) is 29.0. The first-order chi connectivity index (χ1) is 20.6. The minimum Gasteiger partial charge on any atom is -0.385 e. The standard InChI is InChI=1S/C37H80N2O4/c1-7-9-11-13-15-17-19-21-23-25-28-38(3,4)32-36(40)34-42-30-27-31-43-35-37(41)33-39(5,6)29-26-24-22-20-18-16-14-12-10-8-2/h36-37,40-41H,7-35H2,1-6H3/q+2. The van der Waals surface area contributed by atoms with Crippen molar-refractivity contribution in [2.75, 3.05) is 80.8 Å². The molecule has 0 aromatic carbocycles. The summed E-state index contributed by atoms with van der Waals surface area (Å²) in [5.74, 6) is 0. The van der Waals surface area contributed by atoms with Crippen LogP contribution in [-0.4, -0.2) is 112 Å². The smallest absolute Gasteiger partial charge is 0.126 e. The first-order valence-corrected chi connectivity index (χ1v) is 18.8. The predicted octanol–water partition coefficient (Wildman–Crippen LogP) is 8.13. The van der Waals surface area contributed by atoms with Crippen LogP contribution in [0.3, 0.4) is 0 Å². The van der Waals surface area contributed by atoms with Gasteiger partial charge >= 0.3 is 0 Å². The van der Waals surface area contributed by atoms with Gasteiger partial charge in [0.2, 0.25) is 0 Å². The molecular weight excluding hydrogens is 536 g/mol. The number of nitrogens with zero attached hydrogens (tertiary/aromatic N) is 2. The lowest BCUT2D eigenvalue weighted by atomic mass is 10.1. The number of aliphatic hydroxyl groups is 2. The van der Waals surface area contributed by atoms with Crippen LogP contribution in [0.15, 0.2) is 0 Å². The van der Waals surface area contributed by atoms with Gasteiger partial charge < -0.3 is 28.7 Å². The van der Waals surface area contributed by atoms with Gasteiger partial charge in [-0.3, -0.25) is 0 Å². The summed E-state index contributed by atoms with van der Waals surface area (Å²) in [6.07, 6.45) is 27.0. The van der Waals surface area contributed by atoms with Gasteiger partial charge in [-0.25, -0.2) is 0 Å². The Hall–Kier alpha value is -0.240. The molecule has 0 heterocycles. The molecule has 0 bridgehead atoms. The van der Waals surface area contributed by atoms with E-state index >= 15 is 0 Å². The molecule has 2 unspecified atom stereocenters. The van der Waals surface area contributed by atoms with E-state index < -0.39 is 12.2 Å². The Bertz CT molecular complexity index is 525. The zero-order valence-corrected chi connectivity index (χ0v) is 30.3. The molecule has 2 atom stereocenters. The van der Waals surface area contributed by atoms with Crippen molar-refractivity contribution in [2.45, 2.75) is 161 Å². The lowest BCUT2D eigenvalue weighted by Crippen LogP contribution is -2.47. The Morgan fingerprint density at radius 1 is 0.419 bits per heavy atom. The van der Waals surface area contributed by atoms with E-state index in [1.807, 2.05) is 0 Å². The molecule has 0 aromatic heterocycles. The van der Waals surface area contributed by atoms with Crippen molar-refractivity contribution in [3.05, 3.63) is 0 Å². The third-order valence-corrected chi connectivity index (χ3v) is 8.84. The van der Waals surface area contributed by atoms with Crippen molar-refractivity contribution in [3.63, 3.8) is 0 Å². The van der Waals surface area contributed by atoms with Crippen LogP contribution < -0.4 is 0 Å². The highest BCUT2D eigenvalue weighted by atomic mass is 16.5. The van der Waals surface area contributed by atoms with Crippen molar-refractivity contribution >= 4 is 0 Å². The Labute approximate surface area is 270 Å². The van der Waals surface area contributed by atoms with Crippen LogP contribution in [0.25, 0.3) is 0 Å². The first-order valence-electron chi connectivity index (χ1n) is 18.8. The van der Waals surface area contributed by atoms with Gasteiger partial charge in [-0.15, -0.1) is 0 Å². The summed E-state index contributed by atoms with van der Waals surface area (Å²) in [7, 11) is 8.86. The number of hydrogen-bond donors (Lipinski definition) is 2. The van der Waals surface area contributed by atoms with Gasteiger partial charge in [-0.05, 0) is 32.1 Å². The largest absolute Gasteiger partial charge is 0.385 e. The summed E-state index contributed by atoms with van der Waals surface area (Å²) in [4.78, 5) is 0. The zero-order valence-electron chi connectivity index (χ0n) is 30.3. The second-order valence-corrected chi connectivity index (χ2v) is 14.9. The summed E-state index contributed by atoms with van der Waals surface area (Å²) in [5.41, 5.74) is 0. The number of hydrogen-bond acceptors (Lipinski definition) is 4. The van der Waals surface area contributed by atoms with Gasteiger partial charge in [0.25, 0.3) is 0 Å². The summed E-state index contributed by atoms with van der Waals surface area (Å²) in [6.45, 7) is 10.2. The molecule has 6 nitrogen and oxygen atoms in total.